The van der Waals surface area contributed by atoms with Crippen molar-refractivity contribution in [1.29, 1.82) is 0 Å². The van der Waals surface area contributed by atoms with Crippen molar-refractivity contribution in [2.75, 3.05) is 7.11 Å². The maximum Gasteiger partial charge on any atom is 0.227 e. The first-order valence-corrected chi connectivity index (χ1v) is 8.10. The maximum absolute atomic E-state index is 10.1. The molecular formula is C21H16N2O3. The lowest BCUT2D eigenvalue weighted by Gasteiger charge is -2.05. The minimum atomic E-state index is 0.0638. The van der Waals surface area contributed by atoms with E-state index in [-0.39, 0.29) is 5.75 Å². The number of benzene rings is 3. The number of fused-ring (bicyclic) bond motifs is 1. The fourth-order valence-corrected chi connectivity index (χ4v) is 2.67. The summed E-state index contributed by atoms with van der Waals surface area (Å²) < 4.78 is 10.9. The Morgan fingerprint density at radius 1 is 1.04 bits per heavy atom. The lowest BCUT2D eigenvalue weighted by molar-refractivity contribution is 0.373. The lowest BCUT2D eigenvalue weighted by Crippen LogP contribution is -1.88. The molecule has 5 heteroatoms. The Kier molecular flexibility index (Phi) is 4.11. The van der Waals surface area contributed by atoms with Gasteiger partial charge in [0, 0.05) is 17.3 Å². The van der Waals surface area contributed by atoms with Gasteiger partial charge in [-0.1, -0.05) is 24.3 Å². The van der Waals surface area contributed by atoms with Gasteiger partial charge in [0.25, 0.3) is 0 Å². The van der Waals surface area contributed by atoms with Gasteiger partial charge in [0.05, 0.1) is 12.8 Å². The number of aromatic nitrogens is 1. The summed E-state index contributed by atoms with van der Waals surface area (Å²) >= 11 is 0. The third-order valence-electron chi connectivity index (χ3n) is 3.99. The van der Waals surface area contributed by atoms with Crippen molar-refractivity contribution in [3.05, 3.63) is 72.3 Å². The van der Waals surface area contributed by atoms with Gasteiger partial charge in [-0.25, -0.2) is 4.98 Å². The quantitative estimate of drug-likeness (QED) is 0.531. The van der Waals surface area contributed by atoms with E-state index in [1.807, 2.05) is 48.5 Å². The third-order valence-corrected chi connectivity index (χ3v) is 3.99. The highest BCUT2D eigenvalue weighted by Crippen LogP contribution is 2.30. The summed E-state index contributed by atoms with van der Waals surface area (Å²) in [6, 6.07) is 20.5. The number of rotatable bonds is 4. The zero-order valence-corrected chi connectivity index (χ0v) is 14.1. The predicted octanol–water partition coefficient (Wildman–Crippen LogP) is 4.96. The highest BCUT2D eigenvalue weighted by molar-refractivity contribution is 5.87. The Labute approximate surface area is 150 Å². The average Bonchev–Trinajstić information content (AvgIpc) is 3.12. The molecule has 1 heterocycles. The maximum atomic E-state index is 10.1. The monoisotopic (exact) mass is 344 g/mol. The minimum Gasteiger partial charge on any atom is -0.504 e. The molecule has 26 heavy (non-hydrogen) atoms. The van der Waals surface area contributed by atoms with Crippen LogP contribution in [0.25, 0.3) is 22.6 Å². The summed E-state index contributed by atoms with van der Waals surface area (Å²) in [5.74, 6) is 1.02. The number of nitrogens with zero attached hydrogens (tertiary/aromatic N) is 2. The van der Waals surface area contributed by atoms with Crippen LogP contribution in [-0.2, 0) is 0 Å². The molecule has 1 N–H and O–H groups in total. The number of aromatic hydroxyl groups is 1. The Hall–Kier alpha value is -3.60. The van der Waals surface area contributed by atoms with Gasteiger partial charge in [-0.15, -0.1) is 0 Å². The van der Waals surface area contributed by atoms with Gasteiger partial charge in [-0.2, -0.15) is 0 Å². The first-order chi connectivity index (χ1) is 12.7. The molecule has 0 amide bonds. The van der Waals surface area contributed by atoms with Gasteiger partial charge in [0.2, 0.25) is 5.89 Å². The van der Waals surface area contributed by atoms with E-state index in [2.05, 4.69) is 9.98 Å². The molecule has 0 fully saturated rings. The molecule has 0 bridgehead atoms. The van der Waals surface area contributed by atoms with Crippen LogP contribution in [0.2, 0.25) is 0 Å². The molecule has 0 aliphatic carbocycles. The smallest absolute Gasteiger partial charge is 0.227 e. The van der Waals surface area contributed by atoms with Crippen molar-refractivity contribution in [3.63, 3.8) is 0 Å². The zero-order valence-electron chi connectivity index (χ0n) is 14.1. The van der Waals surface area contributed by atoms with Crippen LogP contribution in [0.3, 0.4) is 0 Å². The van der Waals surface area contributed by atoms with E-state index in [0.29, 0.717) is 17.2 Å². The van der Waals surface area contributed by atoms with Gasteiger partial charge in [-0.05, 0) is 42.5 Å². The summed E-state index contributed by atoms with van der Waals surface area (Å²) in [5, 5.41) is 10.1. The Balaban J connectivity index is 1.66. The summed E-state index contributed by atoms with van der Waals surface area (Å²) in [5.41, 5.74) is 3.71. The minimum absolute atomic E-state index is 0.0638. The predicted molar refractivity (Wildman–Crippen MR) is 101 cm³/mol. The van der Waals surface area contributed by atoms with Crippen LogP contribution in [0.5, 0.6) is 11.5 Å². The molecule has 4 rings (SSSR count). The largest absolute Gasteiger partial charge is 0.504 e. The van der Waals surface area contributed by atoms with E-state index in [0.717, 1.165) is 22.4 Å². The SMILES string of the molecule is COc1cccc(C=Nc2cccc(-c3nc4ccccc4o3)c2)c1O. The Morgan fingerprint density at radius 2 is 1.88 bits per heavy atom. The van der Waals surface area contributed by atoms with Gasteiger partial charge >= 0.3 is 0 Å². The van der Waals surface area contributed by atoms with Crippen molar-refractivity contribution < 1.29 is 14.3 Å². The Morgan fingerprint density at radius 3 is 2.73 bits per heavy atom. The summed E-state index contributed by atoms with van der Waals surface area (Å²) in [4.78, 5) is 8.95. The lowest BCUT2D eigenvalue weighted by atomic mass is 10.2. The number of oxazole rings is 1. The number of phenolic OH excluding ortho intramolecular Hbond substituents is 1. The van der Waals surface area contributed by atoms with Crippen LogP contribution in [-0.4, -0.2) is 23.4 Å². The van der Waals surface area contributed by atoms with Crippen LogP contribution >= 0.6 is 0 Å². The van der Waals surface area contributed by atoms with Crippen LogP contribution < -0.4 is 4.74 Å². The third kappa shape index (κ3) is 3.02. The highest BCUT2D eigenvalue weighted by Gasteiger charge is 2.08. The molecule has 0 unspecified atom stereocenters. The summed E-state index contributed by atoms with van der Waals surface area (Å²) in [7, 11) is 1.51. The van der Waals surface area contributed by atoms with Gasteiger partial charge < -0.3 is 14.3 Å². The van der Waals surface area contributed by atoms with Crippen molar-refractivity contribution in [3.8, 4) is 23.0 Å². The molecule has 0 saturated carbocycles. The number of methoxy groups -OCH3 is 1. The first kappa shape index (κ1) is 15.9. The normalized spacial score (nSPS) is 11.3. The number of hydrogen-bond donors (Lipinski definition) is 1. The molecule has 128 valence electrons. The number of phenols is 1. The van der Waals surface area contributed by atoms with E-state index < -0.39 is 0 Å². The second-order valence-electron chi connectivity index (χ2n) is 5.69. The number of hydrogen-bond acceptors (Lipinski definition) is 5. The topological polar surface area (TPSA) is 67.9 Å². The van der Waals surface area contributed by atoms with Gasteiger partial charge in [0.15, 0.2) is 17.1 Å². The average molecular weight is 344 g/mol. The second-order valence-corrected chi connectivity index (χ2v) is 5.69. The van der Waals surface area contributed by atoms with Crippen LogP contribution in [0.1, 0.15) is 5.56 Å². The molecule has 3 aromatic carbocycles. The van der Waals surface area contributed by atoms with Gasteiger partial charge in [-0.3, -0.25) is 4.99 Å². The first-order valence-electron chi connectivity index (χ1n) is 8.10. The molecule has 0 spiro atoms. The summed E-state index contributed by atoms with van der Waals surface area (Å²) in [6.07, 6.45) is 1.60. The van der Waals surface area contributed by atoms with E-state index in [4.69, 9.17) is 9.15 Å². The molecule has 4 aromatic rings. The zero-order chi connectivity index (χ0) is 17.9. The second kappa shape index (κ2) is 6.72. The molecule has 1 aromatic heterocycles. The molecule has 0 radical (unpaired) electrons. The number of aliphatic imine (C=N–C) groups is 1. The van der Waals surface area contributed by atoms with Crippen molar-refractivity contribution in [2.24, 2.45) is 4.99 Å². The van der Waals surface area contributed by atoms with Crippen LogP contribution in [0.15, 0.2) is 76.1 Å². The van der Waals surface area contributed by atoms with Gasteiger partial charge in [0.1, 0.15) is 5.52 Å². The molecule has 0 saturated heterocycles. The molecule has 5 nitrogen and oxygen atoms in total. The summed E-state index contributed by atoms with van der Waals surface area (Å²) in [6.45, 7) is 0. The number of ether oxygens (including phenoxy) is 1. The van der Waals surface area contributed by atoms with E-state index in [1.165, 1.54) is 7.11 Å². The Bertz CT molecular complexity index is 1070. The van der Waals surface area contributed by atoms with Crippen molar-refractivity contribution in [1.82, 2.24) is 4.98 Å². The fraction of sp³-hybridized carbons (Fsp3) is 0.0476. The standard InChI is InChI=1S/C21H16N2O3/c1-25-19-11-5-7-15(20(19)24)13-22-16-8-4-6-14(12-16)21-23-17-9-2-3-10-18(17)26-21/h2-13,24H,1H3. The molecule has 0 aliphatic rings. The van der Waals surface area contributed by atoms with E-state index >= 15 is 0 Å². The fourth-order valence-electron chi connectivity index (χ4n) is 2.67. The molecule has 0 atom stereocenters. The van der Waals surface area contributed by atoms with Crippen LogP contribution in [0, 0.1) is 0 Å². The van der Waals surface area contributed by atoms with Crippen LogP contribution in [0.4, 0.5) is 5.69 Å². The van der Waals surface area contributed by atoms with Crippen molar-refractivity contribution >= 4 is 23.0 Å². The van der Waals surface area contributed by atoms with E-state index in [9.17, 15) is 5.11 Å². The van der Waals surface area contributed by atoms with E-state index in [1.54, 1.807) is 24.4 Å². The van der Waals surface area contributed by atoms with Crippen molar-refractivity contribution in [2.45, 2.75) is 0 Å². The molecular weight excluding hydrogens is 328 g/mol. The number of para-hydroxylation sites is 3. The molecule has 0 aliphatic heterocycles. The highest BCUT2D eigenvalue weighted by atomic mass is 16.5.